The molecule has 6 nitrogen and oxygen atoms in total. The SMILES string of the molecule is CCCCc1nc(SCCC(C)C)c2c(=O)n(C)c(=O)n(C)c2n1. The van der Waals surface area contributed by atoms with E-state index in [9.17, 15) is 9.59 Å². The van der Waals surface area contributed by atoms with E-state index in [0.717, 1.165) is 36.0 Å². The third-order valence-electron chi connectivity index (χ3n) is 4.00. The third kappa shape index (κ3) is 3.88. The van der Waals surface area contributed by atoms with Crippen LogP contribution in [0.15, 0.2) is 14.6 Å². The summed E-state index contributed by atoms with van der Waals surface area (Å²) in [6.45, 7) is 6.47. The van der Waals surface area contributed by atoms with Crippen molar-refractivity contribution in [2.75, 3.05) is 5.75 Å². The second kappa shape index (κ2) is 7.96. The fourth-order valence-corrected chi connectivity index (χ4v) is 3.69. The molecule has 24 heavy (non-hydrogen) atoms. The summed E-state index contributed by atoms with van der Waals surface area (Å²) < 4.78 is 2.57. The summed E-state index contributed by atoms with van der Waals surface area (Å²) in [7, 11) is 3.15. The summed E-state index contributed by atoms with van der Waals surface area (Å²) in [4.78, 5) is 33.9. The molecule has 0 amide bonds. The first-order chi connectivity index (χ1) is 11.4. The largest absolute Gasteiger partial charge is 0.332 e. The number of fused-ring (bicyclic) bond motifs is 1. The minimum atomic E-state index is -0.356. The second-order valence-corrected chi connectivity index (χ2v) is 7.57. The molecule has 0 unspecified atom stereocenters. The van der Waals surface area contributed by atoms with Crippen LogP contribution in [0.3, 0.4) is 0 Å². The summed E-state index contributed by atoms with van der Waals surface area (Å²) in [5.41, 5.74) is -0.232. The molecule has 0 bridgehead atoms. The van der Waals surface area contributed by atoms with E-state index in [4.69, 9.17) is 0 Å². The second-order valence-electron chi connectivity index (χ2n) is 6.48. The maximum absolute atomic E-state index is 12.6. The molecule has 0 aliphatic carbocycles. The molecule has 7 heteroatoms. The normalized spacial score (nSPS) is 11.6. The Morgan fingerprint density at radius 1 is 1.12 bits per heavy atom. The first-order valence-corrected chi connectivity index (χ1v) is 9.44. The molecule has 0 spiro atoms. The number of aromatic nitrogens is 4. The average Bonchev–Trinajstić information content (AvgIpc) is 2.55. The summed E-state index contributed by atoms with van der Waals surface area (Å²) in [5.74, 6) is 2.19. The van der Waals surface area contributed by atoms with Crippen LogP contribution in [0, 0.1) is 5.92 Å². The Balaban J connectivity index is 2.62. The van der Waals surface area contributed by atoms with Gasteiger partial charge in [-0.15, -0.1) is 11.8 Å². The highest BCUT2D eigenvalue weighted by atomic mass is 32.2. The zero-order valence-electron chi connectivity index (χ0n) is 15.1. The Labute approximate surface area is 146 Å². The monoisotopic (exact) mass is 350 g/mol. The van der Waals surface area contributed by atoms with E-state index in [-0.39, 0.29) is 11.2 Å². The lowest BCUT2D eigenvalue weighted by atomic mass is 10.2. The topological polar surface area (TPSA) is 69.8 Å². The Hall–Kier alpha value is -1.63. The number of unbranched alkanes of at least 4 members (excludes halogenated alkanes) is 1. The van der Waals surface area contributed by atoms with Gasteiger partial charge in [0.1, 0.15) is 16.2 Å². The van der Waals surface area contributed by atoms with E-state index in [0.29, 0.717) is 27.8 Å². The third-order valence-corrected chi connectivity index (χ3v) is 5.01. The van der Waals surface area contributed by atoms with Crippen LogP contribution < -0.4 is 11.2 Å². The molecule has 2 rings (SSSR count). The maximum atomic E-state index is 12.6. The smallest absolute Gasteiger partial charge is 0.280 e. The van der Waals surface area contributed by atoms with Crippen molar-refractivity contribution in [1.29, 1.82) is 0 Å². The van der Waals surface area contributed by atoms with Gasteiger partial charge in [-0.05, 0) is 24.5 Å². The lowest BCUT2D eigenvalue weighted by Crippen LogP contribution is -2.37. The van der Waals surface area contributed by atoms with Gasteiger partial charge < -0.3 is 0 Å². The van der Waals surface area contributed by atoms with Gasteiger partial charge in [0, 0.05) is 20.5 Å². The Morgan fingerprint density at radius 3 is 2.46 bits per heavy atom. The van der Waals surface area contributed by atoms with Gasteiger partial charge in [-0.1, -0.05) is 27.2 Å². The highest BCUT2D eigenvalue weighted by Gasteiger charge is 2.17. The van der Waals surface area contributed by atoms with Crippen molar-refractivity contribution in [3.8, 4) is 0 Å². The number of thioether (sulfide) groups is 1. The van der Waals surface area contributed by atoms with Gasteiger partial charge in [-0.3, -0.25) is 13.9 Å². The Morgan fingerprint density at radius 2 is 1.83 bits per heavy atom. The highest BCUT2D eigenvalue weighted by Crippen LogP contribution is 2.24. The molecule has 2 aromatic heterocycles. The molecule has 0 aliphatic heterocycles. The number of rotatable bonds is 7. The van der Waals surface area contributed by atoms with Crippen LogP contribution in [-0.4, -0.2) is 24.9 Å². The quantitative estimate of drug-likeness (QED) is 0.567. The van der Waals surface area contributed by atoms with E-state index in [1.807, 2.05) is 0 Å². The van der Waals surface area contributed by atoms with Crippen LogP contribution >= 0.6 is 11.8 Å². The molecule has 0 atom stereocenters. The average molecular weight is 350 g/mol. The molecule has 2 heterocycles. The van der Waals surface area contributed by atoms with E-state index >= 15 is 0 Å². The molecule has 0 aromatic carbocycles. The van der Waals surface area contributed by atoms with Gasteiger partial charge in [-0.25, -0.2) is 14.8 Å². The van der Waals surface area contributed by atoms with Crippen molar-refractivity contribution >= 4 is 22.8 Å². The summed E-state index contributed by atoms with van der Waals surface area (Å²) in [6, 6.07) is 0. The Bertz CT molecular complexity index is 839. The van der Waals surface area contributed by atoms with Crippen molar-refractivity contribution in [3.63, 3.8) is 0 Å². The van der Waals surface area contributed by atoms with Crippen LogP contribution in [0.1, 0.15) is 45.9 Å². The summed E-state index contributed by atoms with van der Waals surface area (Å²) in [6.07, 6.45) is 3.84. The van der Waals surface area contributed by atoms with Crippen molar-refractivity contribution in [2.24, 2.45) is 20.0 Å². The predicted octanol–water partition coefficient (Wildman–Crippen LogP) is 2.51. The first kappa shape index (κ1) is 18.7. The van der Waals surface area contributed by atoms with Gasteiger partial charge in [-0.2, -0.15) is 0 Å². The molecule has 0 fully saturated rings. The zero-order chi connectivity index (χ0) is 17.9. The van der Waals surface area contributed by atoms with Crippen molar-refractivity contribution < 1.29 is 0 Å². The van der Waals surface area contributed by atoms with Gasteiger partial charge >= 0.3 is 5.69 Å². The van der Waals surface area contributed by atoms with Gasteiger partial charge in [0.25, 0.3) is 5.56 Å². The van der Waals surface area contributed by atoms with Crippen molar-refractivity contribution in [1.82, 2.24) is 19.1 Å². The fraction of sp³-hybridized carbons (Fsp3) is 0.647. The molecular weight excluding hydrogens is 324 g/mol. The molecule has 0 saturated heterocycles. The van der Waals surface area contributed by atoms with Crippen LogP contribution in [0.4, 0.5) is 0 Å². The van der Waals surface area contributed by atoms with E-state index < -0.39 is 0 Å². The summed E-state index contributed by atoms with van der Waals surface area (Å²) >= 11 is 1.58. The van der Waals surface area contributed by atoms with Gasteiger partial charge in [0.05, 0.1) is 0 Å². The lowest BCUT2D eigenvalue weighted by Gasteiger charge is -2.12. The zero-order valence-corrected chi connectivity index (χ0v) is 15.9. The minimum Gasteiger partial charge on any atom is -0.280 e. The number of hydrogen-bond donors (Lipinski definition) is 0. The van der Waals surface area contributed by atoms with Gasteiger partial charge in [0.15, 0.2) is 5.65 Å². The standard InChI is InChI=1S/C17H26N4O2S/c1-6-7-8-12-18-14-13(15(19-12)24-10-9-11(2)3)16(22)21(5)17(23)20(14)4/h11H,6-10H2,1-5H3. The van der Waals surface area contributed by atoms with Crippen LogP contribution in [0.5, 0.6) is 0 Å². The molecule has 0 N–H and O–H groups in total. The summed E-state index contributed by atoms with van der Waals surface area (Å²) in [5, 5.41) is 1.15. The Kier molecular flexibility index (Phi) is 6.21. The van der Waals surface area contributed by atoms with Gasteiger partial charge in [0.2, 0.25) is 0 Å². The molecule has 0 radical (unpaired) electrons. The van der Waals surface area contributed by atoms with Crippen LogP contribution in [0.25, 0.3) is 11.0 Å². The fourth-order valence-electron chi connectivity index (χ4n) is 2.41. The maximum Gasteiger partial charge on any atom is 0.332 e. The van der Waals surface area contributed by atoms with Crippen LogP contribution in [-0.2, 0) is 20.5 Å². The number of nitrogens with zero attached hydrogens (tertiary/aromatic N) is 4. The van der Waals surface area contributed by atoms with E-state index in [2.05, 4.69) is 30.7 Å². The molecule has 0 saturated carbocycles. The van der Waals surface area contributed by atoms with Crippen LogP contribution in [0.2, 0.25) is 0 Å². The molecule has 2 aromatic rings. The number of aryl methyl sites for hydroxylation is 2. The highest BCUT2D eigenvalue weighted by molar-refractivity contribution is 7.99. The van der Waals surface area contributed by atoms with Crippen molar-refractivity contribution in [3.05, 3.63) is 26.7 Å². The van der Waals surface area contributed by atoms with E-state index in [1.165, 1.54) is 11.6 Å². The van der Waals surface area contributed by atoms with E-state index in [1.54, 1.807) is 18.8 Å². The van der Waals surface area contributed by atoms with Crippen molar-refractivity contribution in [2.45, 2.75) is 51.5 Å². The minimum absolute atomic E-state index is 0.317. The first-order valence-electron chi connectivity index (χ1n) is 8.46. The molecule has 132 valence electrons. The molecule has 0 aliphatic rings. The predicted molar refractivity (Wildman–Crippen MR) is 98.8 cm³/mol. The molecular formula is C17H26N4O2S. The number of hydrogen-bond acceptors (Lipinski definition) is 5. The lowest BCUT2D eigenvalue weighted by molar-refractivity contribution is 0.631.